The third-order valence-corrected chi connectivity index (χ3v) is 4.07. The maximum Gasteiger partial charge on any atom is 0.191 e. The lowest BCUT2D eigenvalue weighted by Gasteiger charge is -2.17. The molecule has 1 saturated heterocycles. The lowest BCUT2D eigenvalue weighted by molar-refractivity contribution is 0.166. The third-order valence-electron chi connectivity index (χ3n) is 4.07. The van der Waals surface area contributed by atoms with Crippen LogP contribution in [0.2, 0.25) is 0 Å². The predicted octanol–water partition coefficient (Wildman–Crippen LogP) is 3.35. The third kappa shape index (κ3) is 7.81. The molecule has 25 heavy (non-hydrogen) atoms. The summed E-state index contributed by atoms with van der Waals surface area (Å²) in [6.07, 6.45) is 1.09. The van der Waals surface area contributed by atoms with Crippen LogP contribution in [0.25, 0.3) is 0 Å². The highest BCUT2D eigenvalue weighted by Gasteiger charge is 2.17. The Balaban J connectivity index is 0.00000312. The highest BCUT2D eigenvalue weighted by atomic mass is 127. The fraction of sp³-hybridized carbons (Fsp3) is 0.632. The Morgan fingerprint density at radius 1 is 1.36 bits per heavy atom. The number of guanidine groups is 1. The van der Waals surface area contributed by atoms with Crippen LogP contribution in [0.4, 0.5) is 0 Å². The van der Waals surface area contributed by atoms with Crippen LogP contribution in [0, 0.1) is 18.8 Å². The monoisotopic (exact) mass is 461 g/mol. The van der Waals surface area contributed by atoms with Crippen LogP contribution in [0.15, 0.2) is 23.2 Å². The standard InChI is InChI=1S/C19H31N3O2.HI/c1-14(2)10-21-19(20-4)22-11-17-6-5-15(3)9-18(17)24-13-16-7-8-23-12-16;/h5-6,9,14,16H,7-8,10-13H2,1-4H3,(H2,20,21,22);1H. The Morgan fingerprint density at radius 2 is 2.16 bits per heavy atom. The van der Waals surface area contributed by atoms with Gasteiger partial charge in [0.2, 0.25) is 0 Å². The smallest absolute Gasteiger partial charge is 0.191 e. The molecule has 5 nitrogen and oxygen atoms in total. The summed E-state index contributed by atoms with van der Waals surface area (Å²) in [6, 6.07) is 6.35. The van der Waals surface area contributed by atoms with Gasteiger partial charge >= 0.3 is 0 Å². The largest absolute Gasteiger partial charge is 0.493 e. The molecule has 6 heteroatoms. The van der Waals surface area contributed by atoms with Crippen LogP contribution in [0.3, 0.4) is 0 Å². The summed E-state index contributed by atoms with van der Waals surface area (Å²) >= 11 is 0. The zero-order chi connectivity index (χ0) is 17.4. The van der Waals surface area contributed by atoms with E-state index in [2.05, 4.69) is 54.6 Å². The van der Waals surface area contributed by atoms with Crippen LogP contribution in [-0.2, 0) is 11.3 Å². The van der Waals surface area contributed by atoms with Crippen molar-refractivity contribution in [2.24, 2.45) is 16.8 Å². The minimum atomic E-state index is 0. The fourth-order valence-corrected chi connectivity index (χ4v) is 2.56. The first-order valence-electron chi connectivity index (χ1n) is 8.83. The van der Waals surface area contributed by atoms with Crippen molar-refractivity contribution in [3.63, 3.8) is 0 Å². The normalized spacial score (nSPS) is 17.3. The van der Waals surface area contributed by atoms with Gasteiger partial charge in [-0.05, 0) is 30.9 Å². The Kier molecular flexibility index (Phi) is 10.2. The second-order valence-electron chi connectivity index (χ2n) is 6.85. The first kappa shape index (κ1) is 22.0. The summed E-state index contributed by atoms with van der Waals surface area (Å²) < 4.78 is 11.5. The number of hydrogen-bond acceptors (Lipinski definition) is 3. The van der Waals surface area contributed by atoms with Gasteiger partial charge < -0.3 is 20.1 Å². The average Bonchev–Trinajstić information content (AvgIpc) is 3.07. The minimum Gasteiger partial charge on any atom is -0.493 e. The molecule has 0 aliphatic carbocycles. The molecule has 1 aliphatic heterocycles. The predicted molar refractivity (Wildman–Crippen MR) is 114 cm³/mol. The van der Waals surface area contributed by atoms with Crippen molar-refractivity contribution in [1.82, 2.24) is 10.6 Å². The first-order valence-corrected chi connectivity index (χ1v) is 8.83. The minimum absolute atomic E-state index is 0. The Hall–Kier alpha value is -1.02. The average molecular weight is 461 g/mol. The molecular weight excluding hydrogens is 429 g/mol. The number of benzene rings is 1. The van der Waals surface area contributed by atoms with E-state index in [9.17, 15) is 0 Å². The quantitative estimate of drug-likeness (QED) is 0.372. The number of nitrogens with one attached hydrogen (secondary N) is 2. The van der Waals surface area contributed by atoms with Gasteiger partial charge in [0.1, 0.15) is 5.75 Å². The lowest BCUT2D eigenvalue weighted by atomic mass is 10.1. The second-order valence-corrected chi connectivity index (χ2v) is 6.85. The van der Waals surface area contributed by atoms with E-state index in [1.165, 1.54) is 5.56 Å². The zero-order valence-corrected chi connectivity index (χ0v) is 18.1. The highest BCUT2D eigenvalue weighted by molar-refractivity contribution is 14.0. The summed E-state index contributed by atoms with van der Waals surface area (Å²) in [5.41, 5.74) is 2.35. The van der Waals surface area contributed by atoms with Crippen molar-refractivity contribution < 1.29 is 9.47 Å². The Labute approximate surface area is 169 Å². The van der Waals surface area contributed by atoms with Gasteiger partial charge in [-0.2, -0.15) is 0 Å². The van der Waals surface area contributed by atoms with Gasteiger partial charge in [0.15, 0.2) is 5.96 Å². The molecule has 1 heterocycles. The van der Waals surface area contributed by atoms with Gasteiger partial charge in [-0.1, -0.05) is 26.0 Å². The van der Waals surface area contributed by atoms with E-state index in [0.29, 0.717) is 18.4 Å². The van der Waals surface area contributed by atoms with Crippen molar-refractivity contribution in [1.29, 1.82) is 0 Å². The van der Waals surface area contributed by atoms with Crippen molar-refractivity contribution in [3.8, 4) is 5.75 Å². The molecule has 1 unspecified atom stereocenters. The second kappa shape index (κ2) is 11.6. The molecule has 1 atom stereocenters. The molecule has 2 rings (SSSR count). The van der Waals surface area contributed by atoms with Crippen LogP contribution >= 0.6 is 24.0 Å². The van der Waals surface area contributed by atoms with Gasteiger partial charge in [0, 0.05) is 38.2 Å². The number of rotatable bonds is 7. The van der Waals surface area contributed by atoms with E-state index in [0.717, 1.165) is 50.1 Å². The fourth-order valence-electron chi connectivity index (χ4n) is 2.56. The number of aliphatic imine (C=N–C) groups is 1. The summed E-state index contributed by atoms with van der Waals surface area (Å²) in [4.78, 5) is 4.27. The molecule has 0 amide bonds. The van der Waals surface area contributed by atoms with E-state index in [-0.39, 0.29) is 24.0 Å². The molecule has 1 aromatic rings. The van der Waals surface area contributed by atoms with Crippen molar-refractivity contribution >= 4 is 29.9 Å². The summed E-state index contributed by atoms with van der Waals surface area (Å²) in [7, 11) is 1.79. The Morgan fingerprint density at radius 3 is 2.80 bits per heavy atom. The highest BCUT2D eigenvalue weighted by Crippen LogP contribution is 2.22. The molecule has 142 valence electrons. The van der Waals surface area contributed by atoms with Crippen molar-refractivity contribution in [2.75, 3.05) is 33.4 Å². The topological polar surface area (TPSA) is 54.9 Å². The lowest BCUT2D eigenvalue weighted by Crippen LogP contribution is -2.38. The number of halogens is 1. The number of aryl methyl sites for hydroxylation is 1. The van der Waals surface area contributed by atoms with E-state index in [1.54, 1.807) is 7.05 Å². The maximum absolute atomic E-state index is 6.09. The molecular formula is C19H32IN3O2. The van der Waals surface area contributed by atoms with Gasteiger partial charge in [-0.3, -0.25) is 4.99 Å². The molecule has 1 fully saturated rings. The van der Waals surface area contributed by atoms with Crippen LogP contribution in [0.1, 0.15) is 31.4 Å². The van der Waals surface area contributed by atoms with Gasteiger partial charge in [0.05, 0.1) is 13.2 Å². The van der Waals surface area contributed by atoms with Gasteiger partial charge in [-0.15, -0.1) is 24.0 Å². The summed E-state index contributed by atoms with van der Waals surface area (Å²) in [6.45, 7) is 10.4. The van der Waals surface area contributed by atoms with Crippen LogP contribution in [-0.4, -0.2) is 39.4 Å². The van der Waals surface area contributed by atoms with Gasteiger partial charge in [-0.25, -0.2) is 0 Å². The SMILES string of the molecule is CN=C(NCc1ccc(C)cc1OCC1CCOC1)NCC(C)C.I. The van der Waals surface area contributed by atoms with Crippen LogP contribution < -0.4 is 15.4 Å². The van der Waals surface area contributed by atoms with E-state index >= 15 is 0 Å². The molecule has 2 N–H and O–H groups in total. The molecule has 0 bridgehead atoms. The molecule has 0 spiro atoms. The maximum atomic E-state index is 6.09. The van der Waals surface area contributed by atoms with Crippen molar-refractivity contribution in [2.45, 2.75) is 33.7 Å². The van der Waals surface area contributed by atoms with E-state index in [1.807, 2.05) is 0 Å². The van der Waals surface area contributed by atoms with E-state index in [4.69, 9.17) is 9.47 Å². The van der Waals surface area contributed by atoms with Gasteiger partial charge in [0.25, 0.3) is 0 Å². The summed E-state index contributed by atoms with van der Waals surface area (Å²) in [5.74, 6) is 2.86. The molecule has 0 radical (unpaired) electrons. The van der Waals surface area contributed by atoms with Crippen molar-refractivity contribution in [3.05, 3.63) is 29.3 Å². The molecule has 0 saturated carbocycles. The van der Waals surface area contributed by atoms with E-state index < -0.39 is 0 Å². The zero-order valence-electron chi connectivity index (χ0n) is 15.8. The van der Waals surface area contributed by atoms with Crippen LogP contribution in [0.5, 0.6) is 5.75 Å². The summed E-state index contributed by atoms with van der Waals surface area (Å²) in [5, 5.41) is 6.69. The molecule has 1 aromatic carbocycles. The number of ether oxygens (including phenoxy) is 2. The molecule has 1 aliphatic rings. The first-order chi connectivity index (χ1) is 11.6. The number of hydrogen-bond donors (Lipinski definition) is 2. The Bertz CT molecular complexity index is 543. The molecule has 0 aromatic heterocycles. The number of nitrogens with zero attached hydrogens (tertiary/aromatic N) is 1.